The van der Waals surface area contributed by atoms with E-state index < -0.39 is 0 Å². The Balaban J connectivity index is 0.876. The van der Waals surface area contributed by atoms with Crippen molar-refractivity contribution in [1.29, 1.82) is 0 Å². The lowest BCUT2D eigenvalue weighted by Gasteiger charge is -2.27. The molecule has 0 N–H and O–H groups in total. The van der Waals surface area contributed by atoms with Gasteiger partial charge in [-0.25, -0.2) is 9.97 Å². The largest absolute Gasteiger partial charge is 0.310 e. The fourth-order valence-corrected chi connectivity index (χ4v) is 10.2. The summed E-state index contributed by atoms with van der Waals surface area (Å²) in [5.74, 6) is 1.81. The van der Waals surface area contributed by atoms with E-state index in [-0.39, 0.29) is 0 Å². The Kier molecular flexibility index (Phi) is 9.76. The van der Waals surface area contributed by atoms with Crippen molar-refractivity contribution in [2.75, 3.05) is 14.7 Å². The molecule has 0 atom stereocenters. The molecule has 11 aromatic carbocycles. The van der Waals surface area contributed by atoms with Crippen LogP contribution in [0.4, 0.5) is 51.4 Å². The summed E-state index contributed by atoms with van der Waals surface area (Å²) in [6, 6.07) is 89.1. The van der Waals surface area contributed by atoms with E-state index in [1.807, 2.05) is 12.4 Å². The average Bonchev–Trinajstić information content (AvgIpc) is 3.42. The second kappa shape index (κ2) is 16.8. The van der Waals surface area contributed by atoms with Gasteiger partial charge in [-0.15, -0.1) is 0 Å². The van der Waals surface area contributed by atoms with Crippen molar-refractivity contribution in [3.05, 3.63) is 261 Å². The minimum atomic E-state index is 0.904. The van der Waals surface area contributed by atoms with E-state index in [4.69, 9.17) is 9.97 Å². The van der Waals surface area contributed by atoms with Crippen LogP contribution in [0.15, 0.2) is 261 Å². The molecule has 0 unspecified atom stereocenters. The van der Waals surface area contributed by atoms with Gasteiger partial charge < -0.3 is 4.90 Å². The molecule has 0 fully saturated rings. The van der Waals surface area contributed by atoms with Gasteiger partial charge in [0.1, 0.15) is 11.6 Å². The highest BCUT2D eigenvalue weighted by atomic mass is 15.2. The fraction of sp³-hybridized carbons (Fsp3) is 0. The minimum Gasteiger partial charge on any atom is -0.310 e. The molecule has 0 spiro atoms. The molecule has 13 aromatic rings. The Morgan fingerprint density at radius 1 is 0.203 bits per heavy atom. The van der Waals surface area contributed by atoms with Crippen LogP contribution in [-0.4, -0.2) is 9.97 Å². The molecule has 0 aliphatic carbocycles. The van der Waals surface area contributed by atoms with Crippen LogP contribution in [0.3, 0.4) is 0 Å². The molecular weight excluding hydrogens is 839 g/mol. The molecular formula is C64H43N5. The summed E-state index contributed by atoms with van der Waals surface area (Å²) in [6.45, 7) is 0. The third-order valence-electron chi connectivity index (χ3n) is 13.4. The molecule has 2 heterocycles. The van der Waals surface area contributed by atoms with Crippen molar-refractivity contribution < 1.29 is 0 Å². The Morgan fingerprint density at radius 2 is 0.507 bits per heavy atom. The molecule has 0 amide bonds. The smallest absolute Gasteiger partial charge is 0.145 e. The van der Waals surface area contributed by atoms with E-state index in [9.17, 15) is 0 Å². The molecule has 5 heteroatoms. The maximum atomic E-state index is 4.95. The maximum Gasteiger partial charge on any atom is 0.145 e. The number of rotatable bonds is 9. The molecule has 0 bridgehead atoms. The number of benzene rings is 11. The monoisotopic (exact) mass is 881 g/mol. The van der Waals surface area contributed by atoms with Crippen molar-refractivity contribution in [3.63, 3.8) is 0 Å². The highest BCUT2D eigenvalue weighted by Gasteiger charge is 2.20. The molecule has 5 nitrogen and oxygen atoms in total. The number of pyridine rings is 2. The number of anilines is 9. The standard InChI is InChI=1S/C64H43N5/c1-4-16-50(17-5-1)67(53-28-32-57-46(40-53)24-26-48-42-55(30-34-59(48)57)68(51-18-6-2-7-19-51)63-61-22-12-10-14-44(61)36-38-65-63)54-29-33-58-47(41-54)25-27-49-43-56(31-35-60(49)58)69(52-20-8-3-9-21-52)64-62-23-13-11-15-45(62)37-39-66-64/h1-43H. The average molecular weight is 882 g/mol. The van der Waals surface area contributed by atoms with Crippen molar-refractivity contribution in [1.82, 2.24) is 9.97 Å². The quantitative estimate of drug-likeness (QED) is 0.135. The van der Waals surface area contributed by atoms with Gasteiger partial charge in [-0.1, -0.05) is 152 Å². The zero-order valence-electron chi connectivity index (χ0n) is 37.6. The lowest BCUT2D eigenvalue weighted by atomic mass is 9.99. The van der Waals surface area contributed by atoms with Crippen molar-refractivity contribution in [2.24, 2.45) is 0 Å². The Labute approximate surface area is 400 Å². The summed E-state index contributed by atoms with van der Waals surface area (Å²) in [5.41, 5.74) is 7.51. The Morgan fingerprint density at radius 3 is 0.870 bits per heavy atom. The second-order valence-corrected chi connectivity index (χ2v) is 17.5. The van der Waals surface area contributed by atoms with Crippen LogP contribution in [0.25, 0.3) is 64.6 Å². The number of nitrogens with zero attached hydrogens (tertiary/aromatic N) is 5. The first-order chi connectivity index (χ1) is 34.2. The summed E-state index contributed by atoms with van der Waals surface area (Å²) in [4.78, 5) is 16.8. The first kappa shape index (κ1) is 40.0. The molecule has 69 heavy (non-hydrogen) atoms. The zero-order valence-corrected chi connectivity index (χ0v) is 37.6. The summed E-state index contributed by atoms with van der Waals surface area (Å²) >= 11 is 0. The van der Waals surface area contributed by atoms with Gasteiger partial charge in [0.25, 0.3) is 0 Å². The number of aromatic nitrogens is 2. The molecule has 0 saturated carbocycles. The first-order valence-electron chi connectivity index (χ1n) is 23.4. The van der Waals surface area contributed by atoms with Crippen LogP contribution >= 0.6 is 0 Å². The molecule has 0 radical (unpaired) electrons. The van der Waals surface area contributed by atoms with Gasteiger partial charge in [-0.2, -0.15) is 0 Å². The Bertz CT molecular complexity index is 3790. The fourth-order valence-electron chi connectivity index (χ4n) is 10.2. The third-order valence-corrected chi connectivity index (χ3v) is 13.4. The molecule has 2 aromatic heterocycles. The number of hydrogen-bond donors (Lipinski definition) is 0. The van der Waals surface area contributed by atoms with Crippen LogP contribution in [0.1, 0.15) is 0 Å². The van der Waals surface area contributed by atoms with Gasteiger partial charge in [0, 0.05) is 63.0 Å². The maximum absolute atomic E-state index is 4.95. The van der Waals surface area contributed by atoms with Gasteiger partial charge in [-0.05, 0) is 151 Å². The normalized spacial score (nSPS) is 11.5. The van der Waals surface area contributed by atoms with E-state index in [2.05, 4.69) is 263 Å². The summed E-state index contributed by atoms with van der Waals surface area (Å²) < 4.78 is 0. The van der Waals surface area contributed by atoms with Crippen molar-refractivity contribution >= 4 is 116 Å². The molecule has 0 aliphatic rings. The number of hydrogen-bond acceptors (Lipinski definition) is 5. The van der Waals surface area contributed by atoms with Gasteiger partial charge in [0.2, 0.25) is 0 Å². The highest BCUT2D eigenvalue weighted by molar-refractivity contribution is 6.12. The summed E-state index contributed by atoms with van der Waals surface area (Å²) in [7, 11) is 0. The lowest BCUT2D eigenvalue weighted by Crippen LogP contribution is -2.12. The molecule has 0 aliphatic heterocycles. The van der Waals surface area contributed by atoms with Gasteiger partial charge in [-0.3, -0.25) is 9.80 Å². The molecule has 324 valence electrons. The predicted octanol–water partition coefficient (Wildman–Crippen LogP) is 17.8. The van der Waals surface area contributed by atoms with E-state index in [0.717, 1.165) is 73.0 Å². The third kappa shape index (κ3) is 7.12. The Hall–Kier alpha value is -9.32. The second-order valence-electron chi connectivity index (χ2n) is 17.5. The van der Waals surface area contributed by atoms with E-state index in [1.165, 1.54) is 43.1 Å². The van der Waals surface area contributed by atoms with Crippen LogP contribution < -0.4 is 14.7 Å². The topological polar surface area (TPSA) is 35.5 Å². The van der Waals surface area contributed by atoms with Gasteiger partial charge >= 0.3 is 0 Å². The SMILES string of the molecule is c1ccc(N(c2ccc3c(ccc4cc(N(c5ccccc5)c5nccc6ccccc56)ccc43)c2)c2ccc3c(ccc4cc(N(c5ccccc5)c5nccc6ccccc56)ccc43)c2)cc1. The number of para-hydroxylation sites is 3. The molecule has 13 rings (SSSR count). The summed E-state index contributed by atoms with van der Waals surface area (Å²) in [5, 5.41) is 14.0. The van der Waals surface area contributed by atoms with Crippen LogP contribution in [-0.2, 0) is 0 Å². The van der Waals surface area contributed by atoms with Gasteiger partial charge in [0.05, 0.1) is 0 Å². The van der Waals surface area contributed by atoms with Gasteiger partial charge in [0.15, 0.2) is 0 Å². The van der Waals surface area contributed by atoms with E-state index in [0.29, 0.717) is 0 Å². The van der Waals surface area contributed by atoms with Crippen LogP contribution in [0.5, 0.6) is 0 Å². The lowest BCUT2D eigenvalue weighted by molar-refractivity contribution is 1.20. The minimum absolute atomic E-state index is 0.904. The molecule has 0 saturated heterocycles. The van der Waals surface area contributed by atoms with Crippen LogP contribution in [0.2, 0.25) is 0 Å². The first-order valence-corrected chi connectivity index (χ1v) is 23.4. The van der Waals surface area contributed by atoms with Crippen LogP contribution in [0, 0.1) is 0 Å². The zero-order chi connectivity index (χ0) is 45.7. The van der Waals surface area contributed by atoms with Crippen molar-refractivity contribution in [2.45, 2.75) is 0 Å². The highest BCUT2D eigenvalue weighted by Crippen LogP contribution is 2.44. The summed E-state index contributed by atoms with van der Waals surface area (Å²) in [6.07, 6.45) is 3.81. The number of fused-ring (bicyclic) bond motifs is 8. The predicted molar refractivity (Wildman–Crippen MR) is 291 cm³/mol. The van der Waals surface area contributed by atoms with Crippen molar-refractivity contribution in [3.8, 4) is 0 Å². The van der Waals surface area contributed by atoms with E-state index >= 15 is 0 Å². The van der Waals surface area contributed by atoms with E-state index in [1.54, 1.807) is 0 Å².